The molecule has 0 aliphatic carbocycles. The Kier molecular flexibility index (Phi) is 5.25. The highest BCUT2D eigenvalue weighted by molar-refractivity contribution is 7.84. The van der Waals surface area contributed by atoms with E-state index in [1.54, 1.807) is 13.3 Å². The summed E-state index contributed by atoms with van der Waals surface area (Å²) in [6, 6.07) is 1.92. The minimum Gasteiger partial charge on any atom is -0.493 e. The van der Waals surface area contributed by atoms with Crippen molar-refractivity contribution >= 4 is 16.5 Å². The predicted molar refractivity (Wildman–Crippen MR) is 67.6 cm³/mol. The maximum absolute atomic E-state index is 11.3. The maximum Gasteiger partial charge on any atom is 0.160 e. The molecule has 1 atom stereocenters. The van der Waals surface area contributed by atoms with Gasteiger partial charge in [-0.3, -0.25) is 9.19 Å². The zero-order valence-corrected chi connectivity index (χ0v) is 10.8. The molecule has 1 aromatic rings. The molecule has 90 valence electrons. The highest BCUT2D eigenvalue weighted by Gasteiger charge is 2.03. The van der Waals surface area contributed by atoms with Gasteiger partial charge in [0.2, 0.25) is 0 Å². The van der Waals surface area contributed by atoms with E-state index in [0.717, 1.165) is 11.4 Å². The second kappa shape index (κ2) is 6.48. The first-order valence-corrected chi connectivity index (χ1v) is 6.75. The molecule has 1 aromatic heterocycles. The van der Waals surface area contributed by atoms with Crippen molar-refractivity contribution in [3.05, 3.63) is 18.0 Å². The fraction of sp³-hybridized carbons (Fsp3) is 0.545. The van der Waals surface area contributed by atoms with Gasteiger partial charge in [-0.15, -0.1) is 0 Å². The topological polar surface area (TPSA) is 51.2 Å². The van der Waals surface area contributed by atoms with Crippen molar-refractivity contribution in [1.29, 1.82) is 0 Å². The fourth-order valence-corrected chi connectivity index (χ4v) is 1.91. The van der Waals surface area contributed by atoms with Crippen LogP contribution in [0.25, 0.3) is 0 Å². The Bertz CT molecular complexity index is 369. The number of ether oxygens (including phenoxy) is 1. The van der Waals surface area contributed by atoms with Crippen molar-refractivity contribution in [3.8, 4) is 5.75 Å². The van der Waals surface area contributed by atoms with Crippen molar-refractivity contribution in [3.63, 3.8) is 0 Å². The Balaban J connectivity index is 2.58. The lowest BCUT2D eigenvalue weighted by atomic mass is 10.3. The molecule has 0 saturated heterocycles. The number of aromatic nitrogens is 1. The SMILES string of the molecule is CCS(=O)CCNc1cc(C)ncc1OC. The number of aryl methyl sites for hydroxylation is 1. The third-order valence-corrected chi connectivity index (χ3v) is 3.49. The molecule has 0 aliphatic heterocycles. The van der Waals surface area contributed by atoms with Gasteiger partial charge in [-0.05, 0) is 13.0 Å². The van der Waals surface area contributed by atoms with Crippen molar-refractivity contribution < 1.29 is 8.95 Å². The van der Waals surface area contributed by atoms with E-state index in [0.29, 0.717) is 23.8 Å². The van der Waals surface area contributed by atoms with E-state index in [9.17, 15) is 4.21 Å². The molecule has 5 heteroatoms. The largest absolute Gasteiger partial charge is 0.493 e. The van der Waals surface area contributed by atoms with Gasteiger partial charge < -0.3 is 10.1 Å². The third kappa shape index (κ3) is 3.81. The average molecular weight is 242 g/mol. The van der Waals surface area contributed by atoms with E-state index in [2.05, 4.69) is 10.3 Å². The predicted octanol–water partition coefficient (Wildman–Crippen LogP) is 1.58. The zero-order valence-electron chi connectivity index (χ0n) is 9.95. The van der Waals surface area contributed by atoms with Gasteiger partial charge in [0.25, 0.3) is 0 Å². The number of rotatable bonds is 6. The summed E-state index contributed by atoms with van der Waals surface area (Å²) in [6.07, 6.45) is 1.69. The van der Waals surface area contributed by atoms with Gasteiger partial charge in [-0.2, -0.15) is 0 Å². The standard InChI is InChI=1S/C11H18N2O2S/c1-4-16(14)6-5-12-10-7-9(2)13-8-11(10)15-3/h7-8H,4-6H2,1-3H3,(H,12,13). The number of nitrogens with zero attached hydrogens (tertiary/aromatic N) is 1. The highest BCUT2D eigenvalue weighted by atomic mass is 32.2. The minimum atomic E-state index is -0.733. The third-order valence-electron chi connectivity index (χ3n) is 2.19. The molecule has 1 N–H and O–H groups in total. The monoisotopic (exact) mass is 242 g/mol. The summed E-state index contributed by atoms with van der Waals surface area (Å²) >= 11 is 0. The number of hydrogen-bond donors (Lipinski definition) is 1. The van der Waals surface area contributed by atoms with Crippen LogP contribution < -0.4 is 10.1 Å². The maximum atomic E-state index is 11.3. The minimum absolute atomic E-state index is 0.654. The van der Waals surface area contributed by atoms with Crippen LogP contribution in [0.4, 0.5) is 5.69 Å². The van der Waals surface area contributed by atoms with Crippen LogP contribution >= 0.6 is 0 Å². The summed E-state index contributed by atoms with van der Waals surface area (Å²) < 4.78 is 16.4. The van der Waals surface area contributed by atoms with Crippen molar-refractivity contribution in [2.75, 3.05) is 30.5 Å². The number of nitrogens with one attached hydrogen (secondary N) is 1. The van der Waals surface area contributed by atoms with Gasteiger partial charge in [0.15, 0.2) is 5.75 Å². The van der Waals surface area contributed by atoms with E-state index in [1.165, 1.54) is 0 Å². The van der Waals surface area contributed by atoms with Gasteiger partial charge in [-0.25, -0.2) is 0 Å². The van der Waals surface area contributed by atoms with Gasteiger partial charge in [0.1, 0.15) is 0 Å². The van der Waals surface area contributed by atoms with Gasteiger partial charge in [0.05, 0.1) is 19.0 Å². The number of hydrogen-bond acceptors (Lipinski definition) is 4. The summed E-state index contributed by atoms with van der Waals surface area (Å²) in [7, 11) is 0.879. The van der Waals surface area contributed by atoms with Gasteiger partial charge in [-0.1, -0.05) is 6.92 Å². The molecule has 16 heavy (non-hydrogen) atoms. The molecule has 0 bridgehead atoms. The Labute approximate surface area is 98.9 Å². The van der Waals surface area contributed by atoms with Crippen LogP contribution in [0.3, 0.4) is 0 Å². The lowest BCUT2D eigenvalue weighted by Crippen LogP contribution is -2.12. The molecule has 0 amide bonds. The average Bonchev–Trinajstić information content (AvgIpc) is 2.29. The molecule has 1 unspecified atom stereocenters. The van der Waals surface area contributed by atoms with Crippen molar-refractivity contribution in [2.45, 2.75) is 13.8 Å². The first kappa shape index (κ1) is 13.0. The number of anilines is 1. The van der Waals surface area contributed by atoms with E-state index < -0.39 is 10.8 Å². The summed E-state index contributed by atoms with van der Waals surface area (Å²) in [5.74, 6) is 2.07. The summed E-state index contributed by atoms with van der Waals surface area (Å²) in [6.45, 7) is 4.53. The normalized spacial score (nSPS) is 12.2. The number of methoxy groups -OCH3 is 1. The van der Waals surface area contributed by atoms with Crippen LogP contribution in [-0.4, -0.2) is 34.4 Å². The molecular weight excluding hydrogens is 224 g/mol. The summed E-state index contributed by atoms with van der Waals surface area (Å²) in [4.78, 5) is 4.14. The molecule has 0 aromatic carbocycles. The molecule has 4 nitrogen and oxygen atoms in total. The second-order valence-corrected chi connectivity index (χ2v) is 5.25. The first-order chi connectivity index (χ1) is 7.67. The smallest absolute Gasteiger partial charge is 0.160 e. The van der Waals surface area contributed by atoms with E-state index in [-0.39, 0.29) is 0 Å². The quantitative estimate of drug-likeness (QED) is 0.823. The lowest BCUT2D eigenvalue weighted by molar-refractivity contribution is 0.414. The van der Waals surface area contributed by atoms with Crippen LogP contribution in [0.2, 0.25) is 0 Å². The van der Waals surface area contributed by atoms with Gasteiger partial charge in [0, 0.05) is 34.5 Å². The fourth-order valence-electron chi connectivity index (χ4n) is 1.29. The van der Waals surface area contributed by atoms with Crippen LogP contribution in [0.15, 0.2) is 12.3 Å². The molecule has 0 fully saturated rings. The summed E-state index contributed by atoms with van der Waals surface area (Å²) in [5, 5.41) is 3.21. The van der Waals surface area contributed by atoms with Crippen LogP contribution in [-0.2, 0) is 10.8 Å². The Morgan fingerprint density at radius 1 is 1.56 bits per heavy atom. The van der Waals surface area contributed by atoms with Crippen LogP contribution in [0, 0.1) is 6.92 Å². The lowest BCUT2D eigenvalue weighted by Gasteiger charge is -2.10. The second-order valence-electron chi connectivity index (χ2n) is 3.39. The summed E-state index contributed by atoms with van der Waals surface area (Å²) in [5.41, 5.74) is 1.84. The van der Waals surface area contributed by atoms with E-state index >= 15 is 0 Å². The molecule has 0 spiro atoms. The van der Waals surface area contributed by atoms with Crippen LogP contribution in [0.1, 0.15) is 12.6 Å². The Morgan fingerprint density at radius 3 is 2.94 bits per heavy atom. The van der Waals surface area contributed by atoms with Crippen molar-refractivity contribution in [1.82, 2.24) is 4.98 Å². The number of pyridine rings is 1. The van der Waals surface area contributed by atoms with Gasteiger partial charge >= 0.3 is 0 Å². The van der Waals surface area contributed by atoms with E-state index in [4.69, 9.17) is 4.74 Å². The molecule has 1 rings (SSSR count). The Morgan fingerprint density at radius 2 is 2.31 bits per heavy atom. The van der Waals surface area contributed by atoms with E-state index in [1.807, 2.05) is 19.9 Å². The highest BCUT2D eigenvalue weighted by Crippen LogP contribution is 2.22. The molecule has 0 aliphatic rings. The molecule has 0 saturated carbocycles. The molecule has 1 heterocycles. The molecule has 0 radical (unpaired) electrons. The molecular formula is C11H18N2O2S. The Hall–Kier alpha value is -1.10. The van der Waals surface area contributed by atoms with Crippen LogP contribution in [0.5, 0.6) is 5.75 Å². The zero-order chi connectivity index (χ0) is 12.0. The first-order valence-electron chi connectivity index (χ1n) is 5.26. The van der Waals surface area contributed by atoms with Crippen molar-refractivity contribution in [2.24, 2.45) is 0 Å².